The number of hydrogen-bond acceptors (Lipinski definition) is 4. The largest absolute Gasteiger partial charge is 0.455 e. The number of furan rings is 2. The molecule has 0 radical (unpaired) electrons. The van der Waals surface area contributed by atoms with Gasteiger partial charge in [-0.2, -0.15) is 0 Å². The lowest BCUT2D eigenvalue weighted by Gasteiger charge is -2.08. The number of hydrogen-bond donors (Lipinski definition) is 0. The number of thiophene rings is 2. The van der Waals surface area contributed by atoms with Gasteiger partial charge in [0.05, 0.1) is 9.75 Å². The second kappa shape index (κ2) is 6.83. The molecule has 2 nitrogen and oxygen atoms in total. The van der Waals surface area contributed by atoms with Gasteiger partial charge < -0.3 is 8.83 Å². The number of rotatable bonds is 2. The molecule has 0 fully saturated rings. The molecule has 4 aromatic carbocycles. The Morgan fingerprint density at radius 1 is 0.441 bits per heavy atom. The summed E-state index contributed by atoms with van der Waals surface area (Å²) in [6, 6.07) is 30.4. The van der Waals surface area contributed by atoms with Crippen LogP contribution in [0.2, 0.25) is 0 Å². The molecule has 0 aliphatic heterocycles. The van der Waals surface area contributed by atoms with E-state index in [0.29, 0.717) is 0 Å². The number of fused-ring (bicyclic) bond motifs is 7. The highest BCUT2D eigenvalue weighted by Gasteiger charge is 2.13. The van der Waals surface area contributed by atoms with Gasteiger partial charge in [0.1, 0.15) is 22.7 Å². The summed E-state index contributed by atoms with van der Waals surface area (Å²) in [5.74, 6) is 1.86. The molecule has 8 aromatic rings. The van der Waals surface area contributed by atoms with Crippen LogP contribution in [-0.4, -0.2) is 0 Å². The Bertz CT molecular complexity index is 1850. The van der Waals surface area contributed by atoms with E-state index in [-0.39, 0.29) is 0 Å². The molecule has 4 aromatic heterocycles. The molecular weight excluding hydrogens is 456 g/mol. The van der Waals surface area contributed by atoms with E-state index in [9.17, 15) is 0 Å². The zero-order valence-electron chi connectivity index (χ0n) is 17.9. The van der Waals surface area contributed by atoms with E-state index < -0.39 is 0 Å². The summed E-state index contributed by atoms with van der Waals surface area (Å²) in [6.07, 6.45) is 0. The Balaban J connectivity index is 1.37. The second-order valence-corrected chi connectivity index (χ2v) is 10.5. The van der Waals surface area contributed by atoms with Gasteiger partial charge in [-0.25, -0.2) is 0 Å². The maximum absolute atomic E-state index is 6.18. The minimum absolute atomic E-state index is 0.928. The molecule has 0 atom stereocenters. The van der Waals surface area contributed by atoms with Crippen LogP contribution in [-0.2, 0) is 0 Å². The third kappa shape index (κ3) is 2.67. The first kappa shape index (κ1) is 18.6. The van der Waals surface area contributed by atoms with Crippen LogP contribution in [0.5, 0.6) is 0 Å². The van der Waals surface area contributed by atoms with Crippen molar-refractivity contribution in [3.63, 3.8) is 0 Å². The predicted molar refractivity (Wildman–Crippen MR) is 145 cm³/mol. The van der Waals surface area contributed by atoms with E-state index >= 15 is 0 Å². The second-order valence-electron chi connectivity index (χ2n) is 8.62. The van der Waals surface area contributed by atoms with Crippen LogP contribution in [0.25, 0.3) is 75.5 Å². The summed E-state index contributed by atoms with van der Waals surface area (Å²) >= 11 is 3.40. The lowest BCUT2D eigenvalue weighted by molar-refractivity contribution is 0.633. The average Bonchev–Trinajstić information content (AvgIpc) is 3.66. The Morgan fingerprint density at radius 3 is 1.38 bits per heavy atom. The van der Waals surface area contributed by atoms with Crippen LogP contribution in [0.4, 0.5) is 0 Å². The van der Waals surface area contributed by atoms with Crippen molar-refractivity contribution in [1.82, 2.24) is 0 Å². The topological polar surface area (TPSA) is 26.3 Å². The van der Waals surface area contributed by atoms with Crippen LogP contribution >= 0.6 is 22.7 Å². The quantitative estimate of drug-likeness (QED) is 0.234. The highest BCUT2D eigenvalue weighted by atomic mass is 32.1. The summed E-state index contributed by atoms with van der Waals surface area (Å²) < 4.78 is 12.4. The number of benzene rings is 4. The van der Waals surface area contributed by atoms with Gasteiger partial charge in [0.2, 0.25) is 0 Å². The third-order valence-corrected chi connectivity index (χ3v) is 8.40. The Labute approximate surface area is 202 Å². The van der Waals surface area contributed by atoms with E-state index in [1.165, 1.54) is 32.3 Å². The molecule has 8 rings (SSSR count). The van der Waals surface area contributed by atoms with Crippen LogP contribution in [0.3, 0.4) is 0 Å². The van der Waals surface area contributed by atoms with Gasteiger partial charge in [0.25, 0.3) is 0 Å². The monoisotopic (exact) mass is 472 g/mol. The lowest BCUT2D eigenvalue weighted by Crippen LogP contribution is -1.81. The van der Waals surface area contributed by atoms with Gasteiger partial charge in [0, 0.05) is 10.8 Å². The minimum atomic E-state index is 0.928. The van der Waals surface area contributed by atoms with Crippen molar-refractivity contribution in [2.75, 3.05) is 0 Å². The smallest absolute Gasteiger partial charge is 0.145 e. The van der Waals surface area contributed by atoms with Crippen molar-refractivity contribution in [1.29, 1.82) is 0 Å². The van der Waals surface area contributed by atoms with Crippen LogP contribution in [0.1, 0.15) is 0 Å². The average molecular weight is 473 g/mol. The van der Waals surface area contributed by atoms with E-state index in [2.05, 4.69) is 95.7 Å². The molecule has 34 heavy (non-hydrogen) atoms. The van der Waals surface area contributed by atoms with Crippen molar-refractivity contribution < 1.29 is 8.83 Å². The van der Waals surface area contributed by atoms with Gasteiger partial charge in [-0.05, 0) is 91.6 Å². The molecule has 4 heteroatoms. The fraction of sp³-hybridized carbons (Fsp3) is 0. The van der Waals surface area contributed by atoms with E-state index in [1.54, 1.807) is 22.7 Å². The molecule has 0 aliphatic carbocycles. The van der Waals surface area contributed by atoms with Gasteiger partial charge in [-0.1, -0.05) is 36.4 Å². The highest BCUT2D eigenvalue weighted by Crippen LogP contribution is 2.39. The summed E-state index contributed by atoms with van der Waals surface area (Å²) in [7, 11) is 0. The Kier molecular flexibility index (Phi) is 3.73. The molecule has 0 spiro atoms. The first-order chi connectivity index (χ1) is 16.8. The standard InChI is InChI=1S/C30H16O2S2/c1-3-29(33-9-1)27-15-19-11-23-17(13-25(19)31-27)5-7-22-21(23)8-6-18-14-26-20(12-24(18)22)16-28(32-26)30-4-2-10-34-30/h1-16H. The van der Waals surface area contributed by atoms with E-state index in [4.69, 9.17) is 8.83 Å². The van der Waals surface area contributed by atoms with Gasteiger partial charge >= 0.3 is 0 Å². The summed E-state index contributed by atoms with van der Waals surface area (Å²) in [5, 5.41) is 13.8. The Hall–Kier alpha value is -3.86. The van der Waals surface area contributed by atoms with Crippen molar-refractivity contribution in [3.05, 3.63) is 95.7 Å². The normalized spacial score (nSPS) is 12.1. The van der Waals surface area contributed by atoms with Crippen molar-refractivity contribution in [2.24, 2.45) is 0 Å². The minimum Gasteiger partial charge on any atom is -0.455 e. The summed E-state index contributed by atoms with van der Waals surface area (Å²) in [5.41, 5.74) is 1.86. The zero-order valence-corrected chi connectivity index (χ0v) is 19.5. The maximum Gasteiger partial charge on any atom is 0.145 e. The molecule has 0 amide bonds. The molecule has 4 heterocycles. The van der Waals surface area contributed by atoms with Crippen molar-refractivity contribution in [3.8, 4) is 21.3 Å². The summed E-state index contributed by atoms with van der Waals surface area (Å²) in [6.45, 7) is 0. The van der Waals surface area contributed by atoms with Crippen LogP contribution < -0.4 is 0 Å². The SMILES string of the molecule is c1csc(-c2cc3cc4c(ccc5c6cc7cc(-c8cccs8)oc7cc6ccc45)cc3o2)c1. The van der Waals surface area contributed by atoms with Crippen LogP contribution in [0.15, 0.2) is 105 Å². The van der Waals surface area contributed by atoms with E-state index in [0.717, 1.165) is 43.2 Å². The van der Waals surface area contributed by atoms with Crippen LogP contribution in [0, 0.1) is 0 Å². The van der Waals surface area contributed by atoms with Crippen molar-refractivity contribution in [2.45, 2.75) is 0 Å². The predicted octanol–water partition coefficient (Wildman–Crippen LogP) is 10.1. The van der Waals surface area contributed by atoms with Gasteiger partial charge in [-0.15, -0.1) is 22.7 Å². The summed E-state index contributed by atoms with van der Waals surface area (Å²) in [4.78, 5) is 2.31. The molecule has 0 saturated heterocycles. The first-order valence-corrected chi connectivity index (χ1v) is 12.9. The molecule has 0 N–H and O–H groups in total. The lowest BCUT2D eigenvalue weighted by atomic mass is 9.96. The highest BCUT2D eigenvalue weighted by molar-refractivity contribution is 7.13. The fourth-order valence-electron chi connectivity index (χ4n) is 5.02. The zero-order chi connectivity index (χ0) is 22.2. The van der Waals surface area contributed by atoms with Gasteiger partial charge in [0.15, 0.2) is 0 Å². The first-order valence-electron chi connectivity index (χ1n) is 11.1. The molecule has 0 aliphatic rings. The van der Waals surface area contributed by atoms with E-state index in [1.807, 2.05) is 0 Å². The fourth-order valence-corrected chi connectivity index (χ4v) is 6.38. The maximum atomic E-state index is 6.18. The molecule has 0 bridgehead atoms. The molecule has 160 valence electrons. The van der Waals surface area contributed by atoms with Gasteiger partial charge in [-0.3, -0.25) is 0 Å². The molecule has 0 saturated carbocycles. The Morgan fingerprint density at radius 2 is 0.941 bits per heavy atom. The molecular formula is C30H16O2S2. The third-order valence-electron chi connectivity index (χ3n) is 6.63. The molecule has 0 unspecified atom stereocenters. The van der Waals surface area contributed by atoms with Crippen molar-refractivity contribution >= 4 is 76.9 Å².